The number of rotatable bonds is 5. The lowest BCUT2D eigenvalue weighted by molar-refractivity contribution is -0.384. The zero-order chi connectivity index (χ0) is 22.8. The topological polar surface area (TPSA) is 95.4 Å². The van der Waals surface area contributed by atoms with E-state index in [9.17, 15) is 14.9 Å². The number of nitro benzene ring substituents is 1. The minimum Gasteiger partial charge on any atom is -0.363 e. The SMILES string of the molecule is O=c1[nH]nc(-c2ccc(N3CCN(Cc4ccccc4)CC3)c([N+](=O)[O-])c2)c2ccccc12. The van der Waals surface area contributed by atoms with Gasteiger partial charge in [0.25, 0.3) is 11.2 Å². The number of H-pyrrole nitrogens is 1. The van der Waals surface area contributed by atoms with Gasteiger partial charge < -0.3 is 4.90 Å². The van der Waals surface area contributed by atoms with Crippen molar-refractivity contribution >= 4 is 22.1 Å². The summed E-state index contributed by atoms with van der Waals surface area (Å²) >= 11 is 0. The van der Waals surface area contributed by atoms with Gasteiger partial charge in [0.15, 0.2) is 0 Å². The molecule has 166 valence electrons. The minimum absolute atomic E-state index is 0.0427. The highest BCUT2D eigenvalue weighted by atomic mass is 16.6. The molecule has 1 fully saturated rings. The van der Waals surface area contributed by atoms with E-state index in [1.54, 1.807) is 30.3 Å². The molecule has 1 aromatic heterocycles. The van der Waals surface area contributed by atoms with Crippen LogP contribution in [0.15, 0.2) is 77.6 Å². The molecule has 4 aromatic rings. The smallest absolute Gasteiger partial charge is 0.293 e. The second-order valence-electron chi connectivity index (χ2n) is 8.16. The summed E-state index contributed by atoms with van der Waals surface area (Å²) in [4.78, 5) is 28.2. The van der Waals surface area contributed by atoms with Gasteiger partial charge in [-0.15, -0.1) is 0 Å². The van der Waals surface area contributed by atoms with Crippen molar-refractivity contribution < 1.29 is 4.92 Å². The minimum atomic E-state index is -0.344. The summed E-state index contributed by atoms with van der Waals surface area (Å²) in [7, 11) is 0. The zero-order valence-corrected chi connectivity index (χ0v) is 18.0. The van der Waals surface area contributed by atoms with Crippen molar-refractivity contribution in [3.8, 4) is 11.3 Å². The molecule has 1 aliphatic rings. The van der Waals surface area contributed by atoms with Crippen LogP contribution in [0, 0.1) is 10.1 Å². The van der Waals surface area contributed by atoms with Crippen molar-refractivity contribution in [3.63, 3.8) is 0 Å². The van der Waals surface area contributed by atoms with Crippen LogP contribution in [0.3, 0.4) is 0 Å². The number of nitrogens with one attached hydrogen (secondary N) is 1. The Bertz CT molecular complexity index is 1360. The van der Waals surface area contributed by atoms with Crippen molar-refractivity contribution in [2.45, 2.75) is 6.54 Å². The molecule has 1 saturated heterocycles. The third-order valence-electron chi connectivity index (χ3n) is 6.10. The molecule has 0 unspecified atom stereocenters. The Morgan fingerprint density at radius 1 is 0.909 bits per heavy atom. The Hall–Kier alpha value is -4.04. The van der Waals surface area contributed by atoms with Crippen LogP contribution in [0.4, 0.5) is 11.4 Å². The second-order valence-corrected chi connectivity index (χ2v) is 8.16. The molecule has 1 N–H and O–H groups in total. The third-order valence-corrected chi connectivity index (χ3v) is 6.10. The molecule has 1 aliphatic heterocycles. The fourth-order valence-electron chi connectivity index (χ4n) is 4.41. The first-order chi connectivity index (χ1) is 16.1. The van der Waals surface area contributed by atoms with Crippen LogP contribution in [0.1, 0.15) is 5.56 Å². The highest BCUT2D eigenvalue weighted by Crippen LogP contribution is 2.34. The van der Waals surface area contributed by atoms with Crippen molar-refractivity contribution in [2.75, 3.05) is 31.1 Å². The van der Waals surface area contributed by atoms with Crippen LogP contribution in [-0.2, 0) is 6.54 Å². The van der Waals surface area contributed by atoms with Gasteiger partial charge in [0.1, 0.15) is 5.69 Å². The van der Waals surface area contributed by atoms with Crippen LogP contribution >= 0.6 is 0 Å². The summed E-state index contributed by atoms with van der Waals surface area (Å²) in [6, 6.07) is 22.6. The lowest BCUT2D eigenvalue weighted by Gasteiger charge is -2.35. The van der Waals surface area contributed by atoms with Gasteiger partial charge in [-0.3, -0.25) is 19.8 Å². The standard InChI is InChI=1S/C25H23N5O3/c31-25-21-9-5-4-8-20(21)24(26-27-25)19-10-11-22(23(16-19)30(32)33)29-14-12-28(13-15-29)17-18-6-2-1-3-7-18/h1-11,16H,12-15,17H2,(H,27,31). The maximum atomic E-state index is 12.1. The molecule has 2 heterocycles. The van der Waals surface area contributed by atoms with Crippen molar-refractivity contribution in [1.29, 1.82) is 0 Å². The van der Waals surface area contributed by atoms with E-state index in [0.29, 0.717) is 40.8 Å². The maximum absolute atomic E-state index is 12.1. The predicted octanol–water partition coefficient (Wildman–Crippen LogP) is 3.82. The maximum Gasteiger partial charge on any atom is 0.293 e. The number of aromatic nitrogens is 2. The summed E-state index contributed by atoms with van der Waals surface area (Å²) in [6.07, 6.45) is 0. The van der Waals surface area contributed by atoms with Gasteiger partial charge in [-0.25, -0.2) is 5.10 Å². The van der Waals surface area contributed by atoms with Crippen LogP contribution in [-0.4, -0.2) is 46.2 Å². The van der Waals surface area contributed by atoms with Gasteiger partial charge in [0.2, 0.25) is 0 Å². The molecule has 0 saturated carbocycles. The Morgan fingerprint density at radius 2 is 1.61 bits per heavy atom. The van der Waals surface area contributed by atoms with E-state index >= 15 is 0 Å². The molecule has 0 radical (unpaired) electrons. The normalized spacial score (nSPS) is 14.5. The number of nitro groups is 1. The molecule has 0 bridgehead atoms. The monoisotopic (exact) mass is 441 g/mol. The lowest BCUT2D eigenvalue weighted by atomic mass is 10.0. The van der Waals surface area contributed by atoms with Gasteiger partial charge in [-0.1, -0.05) is 54.6 Å². The molecule has 3 aromatic carbocycles. The Morgan fingerprint density at radius 3 is 2.33 bits per heavy atom. The molecular formula is C25H23N5O3. The summed E-state index contributed by atoms with van der Waals surface area (Å²) in [5, 5.41) is 19.8. The van der Waals surface area contributed by atoms with Crippen molar-refractivity contribution in [3.05, 3.63) is 98.8 Å². The summed E-state index contributed by atoms with van der Waals surface area (Å²) < 4.78 is 0. The first-order valence-electron chi connectivity index (χ1n) is 10.9. The van der Waals surface area contributed by atoms with Crippen molar-refractivity contribution in [2.24, 2.45) is 0 Å². The lowest BCUT2D eigenvalue weighted by Crippen LogP contribution is -2.46. The van der Waals surface area contributed by atoms with E-state index in [-0.39, 0.29) is 16.2 Å². The van der Waals surface area contributed by atoms with E-state index in [2.05, 4.69) is 32.1 Å². The summed E-state index contributed by atoms with van der Waals surface area (Å²) in [6.45, 7) is 3.97. The number of nitrogens with zero attached hydrogens (tertiary/aromatic N) is 4. The average Bonchev–Trinajstić information content (AvgIpc) is 2.85. The van der Waals surface area contributed by atoms with E-state index in [1.165, 1.54) is 5.56 Å². The Kier molecular flexibility index (Phi) is 5.58. The van der Waals surface area contributed by atoms with Gasteiger partial charge >= 0.3 is 0 Å². The average molecular weight is 441 g/mol. The molecular weight excluding hydrogens is 418 g/mol. The van der Waals surface area contributed by atoms with Gasteiger partial charge in [-0.2, -0.15) is 5.10 Å². The van der Waals surface area contributed by atoms with E-state index in [1.807, 2.05) is 30.3 Å². The molecule has 0 spiro atoms. The van der Waals surface area contributed by atoms with Crippen LogP contribution in [0.25, 0.3) is 22.0 Å². The number of piperazine rings is 1. The number of benzene rings is 3. The van der Waals surface area contributed by atoms with Crippen LogP contribution < -0.4 is 10.5 Å². The number of fused-ring (bicyclic) bond motifs is 1. The second kappa shape index (κ2) is 8.84. The quantitative estimate of drug-likeness (QED) is 0.374. The molecule has 33 heavy (non-hydrogen) atoms. The largest absolute Gasteiger partial charge is 0.363 e. The number of hydrogen-bond acceptors (Lipinski definition) is 6. The number of aromatic amines is 1. The fourth-order valence-corrected chi connectivity index (χ4v) is 4.41. The van der Waals surface area contributed by atoms with E-state index in [0.717, 1.165) is 19.6 Å². The number of anilines is 1. The summed E-state index contributed by atoms with van der Waals surface area (Å²) in [5.74, 6) is 0. The molecule has 5 rings (SSSR count). The number of hydrogen-bond donors (Lipinski definition) is 1. The fraction of sp³-hybridized carbons (Fsp3) is 0.200. The van der Waals surface area contributed by atoms with Crippen LogP contribution in [0.2, 0.25) is 0 Å². The first kappa shape index (κ1) is 20.8. The first-order valence-corrected chi connectivity index (χ1v) is 10.9. The summed E-state index contributed by atoms with van der Waals surface area (Å²) in [5.41, 5.74) is 2.75. The Labute approximate surface area is 190 Å². The molecule has 8 heteroatoms. The van der Waals surface area contributed by atoms with Crippen molar-refractivity contribution in [1.82, 2.24) is 15.1 Å². The van der Waals surface area contributed by atoms with Gasteiger partial charge in [0, 0.05) is 49.7 Å². The zero-order valence-electron chi connectivity index (χ0n) is 18.0. The van der Waals surface area contributed by atoms with Crippen LogP contribution in [0.5, 0.6) is 0 Å². The van der Waals surface area contributed by atoms with Gasteiger partial charge in [-0.05, 0) is 17.7 Å². The molecule has 0 atom stereocenters. The molecule has 0 amide bonds. The van der Waals surface area contributed by atoms with E-state index < -0.39 is 0 Å². The highest BCUT2D eigenvalue weighted by molar-refractivity contribution is 5.94. The Balaban J connectivity index is 1.41. The van der Waals surface area contributed by atoms with Gasteiger partial charge in [0.05, 0.1) is 16.0 Å². The third kappa shape index (κ3) is 4.20. The molecule has 0 aliphatic carbocycles. The predicted molar refractivity (Wildman–Crippen MR) is 128 cm³/mol. The highest BCUT2D eigenvalue weighted by Gasteiger charge is 2.25. The molecule has 8 nitrogen and oxygen atoms in total. The van der Waals surface area contributed by atoms with E-state index in [4.69, 9.17) is 0 Å².